The van der Waals surface area contributed by atoms with E-state index in [1.165, 1.54) is 0 Å². The predicted molar refractivity (Wildman–Crippen MR) is 79.7 cm³/mol. The number of carbonyl (C=O) groups is 1. The quantitative estimate of drug-likeness (QED) is 0.752. The minimum Gasteiger partial charge on any atom is -0.493 e. The van der Waals surface area contributed by atoms with E-state index in [-0.39, 0.29) is 37.4 Å². The average molecular weight is 303 g/mol. The van der Waals surface area contributed by atoms with E-state index >= 15 is 0 Å². The van der Waals surface area contributed by atoms with Crippen LogP contribution in [0.1, 0.15) is 17.8 Å². The fourth-order valence-corrected chi connectivity index (χ4v) is 1.70. The molecule has 1 heterocycles. The van der Waals surface area contributed by atoms with Crippen molar-refractivity contribution in [3.8, 4) is 5.75 Å². The lowest BCUT2D eigenvalue weighted by atomic mass is 10.2. The summed E-state index contributed by atoms with van der Waals surface area (Å²) in [5.74, 6) is 0.500. The Morgan fingerprint density at radius 3 is 2.50 bits per heavy atom. The minimum atomic E-state index is -0.425. The van der Waals surface area contributed by atoms with E-state index in [1.807, 2.05) is 31.2 Å². The Kier molecular flexibility index (Phi) is 5.07. The Bertz CT molecular complexity index is 642. The lowest BCUT2D eigenvalue weighted by molar-refractivity contribution is -0.145. The lowest BCUT2D eigenvalue weighted by Gasteiger charge is -2.08. The number of ether oxygens (including phenoxy) is 2. The fraction of sp³-hybridized carbons (Fsp3) is 0.286. The first-order chi connectivity index (χ1) is 10.5. The van der Waals surface area contributed by atoms with E-state index in [2.05, 4.69) is 15.0 Å². The summed E-state index contributed by atoms with van der Waals surface area (Å²) in [6.45, 7) is 2.05. The molecule has 1 aromatic carbocycles. The van der Waals surface area contributed by atoms with Gasteiger partial charge in [-0.05, 0) is 18.6 Å². The number of benzene rings is 1. The predicted octanol–water partition coefficient (Wildman–Crippen LogP) is 0.857. The van der Waals surface area contributed by atoms with Gasteiger partial charge in [0.15, 0.2) is 12.4 Å². The number of aromatic nitrogens is 3. The van der Waals surface area contributed by atoms with Crippen LogP contribution in [-0.2, 0) is 16.1 Å². The highest BCUT2D eigenvalue weighted by Gasteiger charge is 2.08. The second-order valence-electron chi connectivity index (χ2n) is 4.49. The molecule has 8 heteroatoms. The Morgan fingerprint density at radius 1 is 1.14 bits per heavy atom. The number of rotatable bonds is 6. The van der Waals surface area contributed by atoms with Crippen LogP contribution in [0, 0.1) is 6.92 Å². The first kappa shape index (κ1) is 15.5. The molecule has 2 rings (SSSR count). The van der Waals surface area contributed by atoms with Crippen molar-refractivity contribution in [2.24, 2.45) is 0 Å². The van der Waals surface area contributed by atoms with Crippen LogP contribution in [0.4, 0.5) is 11.9 Å². The largest absolute Gasteiger partial charge is 0.493 e. The average Bonchev–Trinajstić information content (AvgIpc) is 2.46. The highest BCUT2D eigenvalue weighted by atomic mass is 16.5. The number of hydrogen-bond acceptors (Lipinski definition) is 8. The molecule has 2 aromatic rings. The zero-order chi connectivity index (χ0) is 15.9. The molecule has 0 atom stereocenters. The maximum Gasteiger partial charge on any atom is 0.309 e. The molecule has 0 bridgehead atoms. The van der Waals surface area contributed by atoms with Crippen molar-refractivity contribution in [2.45, 2.75) is 20.0 Å². The third-order valence-corrected chi connectivity index (χ3v) is 2.74. The lowest BCUT2D eigenvalue weighted by Crippen LogP contribution is -2.13. The topological polar surface area (TPSA) is 126 Å². The summed E-state index contributed by atoms with van der Waals surface area (Å²) in [6.07, 6.45) is 0.115. The summed E-state index contributed by atoms with van der Waals surface area (Å²) in [7, 11) is 0. The van der Waals surface area contributed by atoms with Gasteiger partial charge in [-0.15, -0.1) is 0 Å². The number of hydrogen-bond donors (Lipinski definition) is 2. The SMILES string of the molecule is Cc1ccccc1OCCC(=O)OCc1nc(N)nc(N)n1. The van der Waals surface area contributed by atoms with Crippen LogP contribution >= 0.6 is 0 Å². The Morgan fingerprint density at radius 2 is 1.82 bits per heavy atom. The number of para-hydroxylation sites is 1. The maximum absolute atomic E-state index is 11.6. The third-order valence-electron chi connectivity index (χ3n) is 2.74. The van der Waals surface area contributed by atoms with Crippen LogP contribution in [0.3, 0.4) is 0 Å². The first-order valence-electron chi connectivity index (χ1n) is 6.64. The zero-order valence-electron chi connectivity index (χ0n) is 12.2. The number of nitrogen functional groups attached to an aromatic ring is 2. The molecule has 0 saturated heterocycles. The van der Waals surface area contributed by atoms with Crippen LogP contribution in [0.15, 0.2) is 24.3 Å². The van der Waals surface area contributed by atoms with Gasteiger partial charge in [0.2, 0.25) is 11.9 Å². The third kappa shape index (κ3) is 4.58. The monoisotopic (exact) mass is 303 g/mol. The molecule has 116 valence electrons. The molecule has 0 unspecified atom stereocenters. The van der Waals surface area contributed by atoms with Gasteiger partial charge in [0.1, 0.15) is 5.75 Å². The van der Waals surface area contributed by atoms with Crippen molar-refractivity contribution >= 4 is 17.9 Å². The van der Waals surface area contributed by atoms with E-state index in [4.69, 9.17) is 20.9 Å². The fourth-order valence-electron chi connectivity index (χ4n) is 1.70. The summed E-state index contributed by atoms with van der Waals surface area (Å²) < 4.78 is 10.5. The number of aryl methyl sites for hydroxylation is 1. The summed E-state index contributed by atoms with van der Waals surface area (Å²) in [4.78, 5) is 22.9. The van der Waals surface area contributed by atoms with Crippen molar-refractivity contribution in [3.05, 3.63) is 35.7 Å². The first-order valence-corrected chi connectivity index (χ1v) is 6.64. The van der Waals surface area contributed by atoms with Gasteiger partial charge in [-0.25, -0.2) is 0 Å². The number of nitrogens with two attached hydrogens (primary N) is 2. The summed E-state index contributed by atoms with van der Waals surface area (Å²) in [6, 6.07) is 7.57. The van der Waals surface area contributed by atoms with Crippen LogP contribution in [0.2, 0.25) is 0 Å². The molecule has 8 nitrogen and oxygen atoms in total. The van der Waals surface area contributed by atoms with Gasteiger partial charge in [0.25, 0.3) is 0 Å². The second kappa shape index (κ2) is 7.21. The molecule has 0 fully saturated rings. The summed E-state index contributed by atoms with van der Waals surface area (Å²) in [5.41, 5.74) is 11.9. The second-order valence-corrected chi connectivity index (χ2v) is 4.49. The van der Waals surface area contributed by atoms with Gasteiger partial charge in [-0.2, -0.15) is 15.0 Å². The van der Waals surface area contributed by atoms with Gasteiger partial charge < -0.3 is 20.9 Å². The number of anilines is 2. The van der Waals surface area contributed by atoms with Crippen molar-refractivity contribution in [2.75, 3.05) is 18.1 Å². The molecule has 0 radical (unpaired) electrons. The van der Waals surface area contributed by atoms with E-state index in [0.717, 1.165) is 11.3 Å². The molecule has 1 aromatic heterocycles. The van der Waals surface area contributed by atoms with E-state index in [1.54, 1.807) is 0 Å². The smallest absolute Gasteiger partial charge is 0.309 e. The molecule has 0 amide bonds. The summed E-state index contributed by atoms with van der Waals surface area (Å²) in [5, 5.41) is 0. The minimum absolute atomic E-state index is 0.0126. The number of carbonyl (C=O) groups excluding carboxylic acids is 1. The number of nitrogens with zero attached hydrogens (tertiary/aromatic N) is 3. The number of esters is 1. The van der Waals surface area contributed by atoms with Crippen molar-refractivity contribution in [3.63, 3.8) is 0 Å². The molecule has 22 heavy (non-hydrogen) atoms. The van der Waals surface area contributed by atoms with Gasteiger partial charge in [-0.1, -0.05) is 18.2 Å². The molecule has 0 aliphatic rings. The normalized spacial score (nSPS) is 10.2. The molecule has 0 aliphatic carbocycles. The van der Waals surface area contributed by atoms with Gasteiger partial charge in [0.05, 0.1) is 13.0 Å². The molecular formula is C14H17N5O3. The van der Waals surface area contributed by atoms with E-state index < -0.39 is 5.97 Å². The van der Waals surface area contributed by atoms with E-state index in [9.17, 15) is 4.79 Å². The molecule has 4 N–H and O–H groups in total. The molecule has 0 saturated carbocycles. The highest BCUT2D eigenvalue weighted by molar-refractivity contribution is 5.69. The van der Waals surface area contributed by atoms with Crippen LogP contribution in [-0.4, -0.2) is 27.5 Å². The summed E-state index contributed by atoms with van der Waals surface area (Å²) >= 11 is 0. The van der Waals surface area contributed by atoms with Crippen molar-refractivity contribution in [1.82, 2.24) is 15.0 Å². The maximum atomic E-state index is 11.6. The van der Waals surface area contributed by atoms with Gasteiger partial charge in [-0.3, -0.25) is 4.79 Å². The standard InChI is InChI=1S/C14H17N5O3/c1-9-4-2-3-5-10(9)21-7-6-12(20)22-8-11-17-13(15)19-14(16)18-11/h2-5H,6-8H2,1H3,(H4,15,16,17,18,19). The highest BCUT2D eigenvalue weighted by Crippen LogP contribution is 2.16. The van der Waals surface area contributed by atoms with Crippen LogP contribution in [0.5, 0.6) is 5.75 Å². The zero-order valence-corrected chi connectivity index (χ0v) is 12.2. The molecular weight excluding hydrogens is 286 g/mol. The molecule has 0 aliphatic heterocycles. The van der Waals surface area contributed by atoms with E-state index in [0.29, 0.717) is 0 Å². The Hall–Kier alpha value is -2.90. The van der Waals surface area contributed by atoms with Crippen molar-refractivity contribution in [1.29, 1.82) is 0 Å². The van der Waals surface area contributed by atoms with Gasteiger partial charge in [0, 0.05) is 0 Å². The van der Waals surface area contributed by atoms with Gasteiger partial charge >= 0.3 is 5.97 Å². The Labute approximate surface area is 127 Å². The molecule has 0 spiro atoms. The van der Waals surface area contributed by atoms with Crippen LogP contribution < -0.4 is 16.2 Å². The Balaban J connectivity index is 1.75. The van der Waals surface area contributed by atoms with Crippen LogP contribution in [0.25, 0.3) is 0 Å². The van der Waals surface area contributed by atoms with Crippen molar-refractivity contribution < 1.29 is 14.3 Å².